The number of hydrogen-bond donors (Lipinski definition) is 1. The van der Waals surface area contributed by atoms with Crippen LogP contribution in [0.3, 0.4) is 0 Å². The summed E-state index contributed by atoms with van der Waals surface area (Å²) in [5.41, 5.74) is -0.142. The first-order chi connectivity index (χ1) is 10.9. The van der Waals surface area contributed by atoms with E-state index in [1.54, 1.807) is 12.5 Å². The zero-order valence-electron chi connectivity index (χ0n) is 12.4. The predicted molar refractivity (Wildman–Crippen MR) is 83.9 cm³/mol. The van der Waals surface area contributed by atoms with Gasteiger partial charge < -0.3 is 9.88 Å². The van der Waals surface area contributed by atoms with Crippen LogP contribution in [0.5, 0.6) is 0 Å². The van der Waals surface area contributed by atoms with Crippen LogP contribution in [0, 0.1) is 0 Å². The van der Waals surface area contributed by atoms with Gasteiger partial charge in [0.2, 0.25) is 15.0 Å². The second-order valence-electron chi connectivity index (χ2n) is 4.66. The molecule has 8 nitrogen and oxygen atoms in total. The summed E-state index contributed by atoms with van der Waals surface area (Å²) in [7, 11) is -3.60. The zero-order chi connectivity index (χ0) is 16.9. The Morgan fingerprint density at radius 1 is 1.43 bits per heavy atom. The molecule has 0 aromatic carbocycles. The minimum atomic E-state index is -3.60. The number of carbonyl (C=O) groups excluding carboxylic acids is 1. The van der Waals surface area contributed by atoms with Crippen molar-refractivity contribution in [3.8, 4) is 0 Å². The van der Waals surface area contributed by atoms with Gasteiger partial charge in [0.1, 0.15) is 0 Å². The molecule has 23 heavy (non-hydrogen) atoms. The molecule has 0 bridgehead atoms. The molecule has 2 heterocycles. The van der Waals surface area contributed by atoms with Crippen LogP contribution in [0.25, 0.3) is 0 Å². The normalized spacial score (nSPS) is 11.4. The van der Waals surface area contributed by atoms with Gasteiger partial charge in [-0.25, -0.2) is 23.4 Å². The van der Waals surface area contributed by atoms with E-state index in [-0.39, 0.29) is 16.5 Å². The van der Waals surface area contributed by atoms with E-state index in [4.69, 9.17) is 11.6 Å². The highest BCUT2D eigenvalue weighted by atomic mass is 35.5. The quantitative estimate of drug-likeness (QED) is 0.583. The van der Waals surface area contributed by atoms with Gasteiger partial charge in [-0.15, -0.1) is 0 Å². The van der Waals surface area contributed by atoms with Crippen molar-refractivity contribution < 1.29 is 13.2 Å². The van der Waals surface area contributed by atoms with Crippen LogP contribution in [0.1, 0.15) is 23.8 Å². The summed E-state index contributed by atoms with van der Waals surface area (Å²) in [6, 6.07) is 0. The van der Waals surface area contributed by atoms with Crippen molar-refractivity contribution in [3.63, 3.8) is 0 Å². The predicted octanol–water partition coefficient (Wildman–Crippen LogP) is 0.940. The van der Waals surface area contributed by atoms with Gasteiger partial charge in [0.05, 0.1) is 23.3 Å². The first-order valence-electron chi connectivity index (χ1n) is 6.93. The summed E-state index contributed by atoms with van der Waals surface area (Å²) < 4.78 is 25.4. The van der Waals surface area contributed by atoms with Crippen LogP contribution < -0.4 is 5.32 Å². The van der Waals surface area contributed by atoms with Crippen LogP contribution in [0.2, 0.25) is 5.02 Å². The Kier molecular flexibility index (Phi) is 5.67. The van der Waals surface area contributed by atoms with Crippen molar-refractivity contribution in [1.29, 1.82) is 0 Å². The maximum atomic E-state index is 12.1. The zero-order valence-corrected chi connectivity index (χ0v) is 14.0. The van der Waals surface area contributed by atoms with Crippen LogP contribution in [-0.4, -0.2) is 46.1 Å². The van der Waals surface area contributed by atoms with Gasteiger partial charge >= 0.3 is 0 Å². The molecule has 124 valence electrons. The smallest absolute Gasteiger partial charge is 0.271 e. The number of hydrogen-bond acceptors (Lipinski definition) is 6. The first kappa shape index (κ1) is 17.4. The first-order valence-corrected chi connectivity index (χ1v) is 8.96. The average molecular weight is 358 g/mol. The van der Waals surface area contributed by atoms with E-state index in [9.17, 15) is 13.2 Å². The van der Waals surface area contributed by atoms with Crippen molar-refractivity contribution in [2.75, 3.05) is 12.3 Å². The summed E-state index contributed by atoms with van der Waals surface area (Å²) in [5.74, 6) is -0.684. The lowest BCUT2D eigenvalue weighted by molar-refractivity contribution is 0.0947. The highest BCUT2D eigenvalue weighted by molar-refractivity contribution is 7.91. The molecule has 1 N–H and O–H groups in total. The Hall–Kier alpha value is -2.00. The Balaban J connectivity index is 1.99. The average Bonchev–Trinajstić information content (AvgIpc) is 3.05. The maximum Gasteiger partial charge on any atom is 0.271 e. The molecule has 2 aromatic rings. The molecule has 0 radical (unpaired) electrons. The van der Waals surface area contributed by atoms with Gasteiger partial charge in [-0.05, 0) is 6.42 Å². The Morgan fingerprint density at radius 3 is 2.87 bits per heavy atom. The molecule has 2 aromatic heterocycles. The molecular weight excluding hydrogens is 342 g/mol. The number of sulfone groups is 1. The summed E-state index contributed by atoms with van der Waals surface area (Å²) in [6.07, 6.45) is 6.99. The number of aromatic nitrogens is 4. The van der Waals surface area contributed by atoms with Crippen molar-refractivity contribution in [1.82, 2.24) is 24.8 Å². The topological polar surface area (TPSA) is 107 Å². The van der Waals surface area contributed by atoms with Crippen LogP contribution in [-0.2, 0) is 16.4 Å². The number of aryl methyl sites for hydroxylation is 1. The molecular formula is C13H16ClN5O3S. The Morgan fingerprint density at radius 2 is 2.22 bits per heavy atom. The molecule has 10 heteroatoms. The van der Waals surface area contributed by atoms with E-state index < -0.39 is 20.9 Å². The molecule has 0 atom stereocenters. The van der Waals surface area contributed by atoms with Crippen molar-refractivity contribution in [2.24, 2.45) is 0 Å². The minimum absolute atomic E-state index is 0.00663. The van der Waals surface area contributed by atoms with E-state index in [1.165, 1.54) is 6.92 Å². The molecule has 1 amide bonds. The number of amides is 1. The summed E-state index contributed by atoms with van der Waals surface area (Å²) in [6.45, 7) is 2.57. The van der Waals surface area contributed by atoms with Crippen LogP contribution >= 0.6 is 11.6 Å². The number of rotatable bonds is 7. The largest absolute Gasteiger partial charge is 0.351 e. The molecule has 2 rings (SSSR count). The molecule has 0 aliphatic heterocycles. The maximum absolute atomic E-state index is 12.1. The lowest BCUT2D eigenvalue weighted by Crippen LogP contribution is -2.27. The van der Waals surface area contributed by atoms with Gasteiger partial charge in [-0.3, -0.25) is 4.79 Å². The summed E-state index contributed by atoms with van der Waals surface area (Å²) in [4.78, 5) is 23.5. The standard InChI is InChI=1S/C13H16ClN5O3S/c1-2-23(21,22)13-17-8-10(14)11(18-13)12(20)16-4-3-6-19-7-5-15-9-19/h5,7-9H,2-4,6H2,1H3,(H,16,20). The van der Waals surface area contributed by atoms with E-state index in [0.717, 1.165) is 6.20 Å². The van der Waals surface area contributed by atoms with Gasteiger partial charge in [-0.1, -0.05) is 18.5 Å². The van der Waals surface area contributed by atoms with E-state index in [1.807, 2.05) is 10.8 Å². The third-order valence-corrected chi connectivity index (χ3v) is 4.82. The minimum Gasteiger partial charge on any atom is -0.351 e. The molecule has 0 aliphatic carbocycles. The highest BCUT2D eigenvalue weighted by Crippen LogP contribution is 2.15. The number of nitrogens with zero attached hydrogens (tertiary/aromatic N) is 4. The number of imidazole rings is 1. The summed E-state index contributed by atoms with van der Waals surface area (Å²) in [5, 5.41) is 2.27. The fraction of sp³-hybridized carbons (Fsp3) is 0.385. The number of nitrogens with one attached hydrogen (secondary N) is 1. The van der Waals surface area contributed by atoms with E-state index in [2.05, 4.69) is 20.3 Å². The van der Waals surface area contributed by atoms with Gasteiger partial charge in [0.25, 0.3) is 5.91 Å². The number of halogens is 1. The lowest BCUT2D eigenvalue weighted by atomic mass is 10.3. The third-order valence-electron chi connectivity index (χ3n) is 3.03. The molecule has 0 saturated carbocycles. The van der Waals surface area contributed by atoms with E-state index in [0.29, 0.717) is 19.5 Å². The van der Waals surface area contributed by atoms with Gasteiger partial charge in [0, 0.05) is 25.5 Å². The van der Waals surface area contributed by atoms with Crippen molar-refractivity contribution >= 4 is 27.3 Å². The van der Waals surface area contributed by atoms with Crippen LogP contribution in [0.4, 0.5) is 0 Å². The van der Waals surface area contributed by atoms with Crippen LogP contribution in [0.15, 0.2) is 30.1 Å². The van der Waals surface area contributed by atoms with Crippen molar-refractivity contribution in [2.45, 2.75) is 25.0 Å². The molecule has 0 saturated heterocycles. The Bertz CT molecular complexity index is 777. The van der Waals surface area contributed by atoms with Crippen molar-refractivity contribution in [3.05, 3.63) is 35.6 Å². The second kappa shape index (κ2) is 7.51. The molecule has 0 spiro atoms. The third kappa shape index (κ3) is 4.49. The SMILES string of the molecule is CCS(=O)(=O)c1ncc(Cl)c(C(=O)NCCCn2ccnc2)n1. The Labute approximate surface area is 138 Å². The highest BCUT2D eigenvalue weighted by Gasteiger charge is 2.20. The molecule has 0 unspecified atom stereocenters. The molecule has 0 aliphatic rings. The second-order valence-corrected chi connectivity index (χ2v) is 7.24. The number of carbonyl (C=O) groups is 1. The fourth-order valence-corrected chi connectivity index (χ4v) is 2.63. The van der Waals surface area contributed by atoms with Gasteiger partial charge in [0.15, 0.2) is 5.69 Å². The fourth-order valence-electron chi connectivity index (χ4n) is 1.76. The monoisotopic (exact) mass is 357 g/mol. The summed E-state index contributed by atoms with van der Waals surface area (Å²) >= 11 is 5.89. The molecule has 0 fully saturated rings. The van der Waals surface area contributed by atoms with E-state index >= 15 is 0 Å². The lowest BCUT2D eigenvalue weighted by Gasteiger charge is -2.07. The van der Waals surface area contributed by atoms with Gasteiger partial charge in [-0.2, -0.15) is 0 Å².